The number of unbranched alkanes of at least 4 members (excludes halogenated alkanes) is 9. The standard InChI is InChI=1S/C51H68O12/c1-55-49(52)31-22-42-16-25-45(26-17-42)60-36-12-6-4-10-34-58-40-48(63-39-15-9-8-14-38-62-47-29-20-44(21-30-47)24-33-51(54)57-3)41-59-35-11-5-7-13-37-61-46-27-18-43(19-28-46)23-32-50(53)56-2/h16-33,48H,4-15,34-41H2,1-3H3. The van der Waals surface area contributed by atoms with Crippen LogP contribution in [0, 0.1) is 0 Å². The maximum absolute atomic E-state index is 11.3. The summed E-state index contributed by atoms with van der Waals surface area (Å²) >= 11 is 0. The zero-order valence-corrected chi connectivity index (χ0v) is 37.5. The Hall–Kier alpha value is -5.43. The third-order valence-corrected chi connectivity index (χ3v) is 9.65. The van der Waals surface area contributed by atoms with Gasteiger partial charge in [0.1, 0.15) is 23.4 Å². The molecule has 0 fully saturated rings. The minimum atomic E-state index is -0.385. The molecule has 0 radical (unpaired) electrons. The molecule has 3 aromatic carbocycles. The predicted molar refractivity (Wildman–Crippen MR) is 246 cm³/mol. The summed E-state index contributed by atoms with van der Waals surface area (Å²) in [7, 11) is 4.07. The van der Waals surface area contributed by atoms with Crippen molar-refractivity contribution < 1.29 is 57.0 Å². The van der Waals surface area contributed by atoms with Crippen molar-refractivity contribution in [3.8, 4) is 17.2 Å². The zero-order chi connectivity index (χ0) is 45.0. The molecule has 0 saturated carbocycles. The van der Waals surface area contributed by atoms with Gasteiger partial charge in [-0.1, -0.05) is 55.7 Å². The quantitative estimate of drug-likeness (QED) is 0.0241. The molecule has 0 amide bonds. The van der Waals surface area contributed by atoms with Crippen molar-refractivity contribution in [3.05, 3.63) is 108 Å². The van der Waals surface area contributed by atoms with Gasteiger partial charge < -0.3 is 42.6 Å². The highest BCUT2D eigenvalue weighted by Crippen LogP contribution is 2.17. The van der Waals surface area contributed by atoms with Crippen LogP contribution in [0.2, 0.25) is 0 Å². The van der Waals surface area contributed by atoms with E-state index in [0.717, 1.165) is 111 Å². The summed E-state index contributed by atoms with van der Waals surface area (Å²) in [4.78, 5) is 33.9. The van der Waals surface area contributed by atoms with Gasteiger partial charge in [-0.3, -0.25) is 0 Å². The molecule has 12 nitrogen and oxygen atoms in total. The van der Waals surface area contributed by atoms with Crippen LogP contribution in [0.1, 0.15) is 93.7 Å². The fraction of sp³-hybridized carbons (Fsp3) is 0.471. The SMILES string of the molecule is COC(=O)C=Cc1ccc(OCCCCCCOCC(COCCCCCCOc2ccc(C=CC(=O)OC)cc2)OCCCCCCOc2ccc(C=CC(=O)OC)cc2)cc1. The molecule has 0 aliphatic heterocycles. The summed E-state index contributed by atoms with van der Waals surface area (Å²) in [5.41, 5.74) is 2.71. The summed E-state index contributed by atoms with van der Waals surface area (Å²) in [6.45, 7) is 4.93. The minimum absolute atomic E-state index is 0.120. The number of esters is 3. The number of carbonyl (C=O) groups excluding carboxylic acids is 3. The Kier molecular flexibility index (Phi) is 28.1. The van der Waals surface area contributed by atoms with Gasteiger partial charge >= 0.3 is 17.9 Å². The lowest BCUT2D eigenvalue weighted by atomic mass is 10.2. The van der Waals surface area contributed by atoms with Crippen molar-refractivity contribution in [1.29, 1.82) is 0 Å². The first-order valence-electron chi connectivity index (χ1n) is 22.1. The van der Waals surface area contributed by atoms with Crippen LogP contribution < -0.4 is 14.2 Å². The zero-order valence-electron chi connectivity index (χ0n) is 37.5. The van der Waals surface area contributed by atoms with Crippen LogP contribution in [0.15, 0.2) is 91.0 Å². The maximum atomic E-state index is 11.3. The fourth-order valence-electron chi connectivity index (χ4n) is 5.99. The largest absolute Gasteiger partial charge is 0.494 e. The predicted octanol–water partition coefficient (Wildman–Crippen LogP) is 9.88. The highest BCUT2D eigenvalue weighted by molar-refractivity contribution is 5.88. The van der Waals surface area contributed by atoms with Gasteiger partial charge in [-0.2, -0.15) is 0 Å². The second kappa shape index (κ2) is 34.1. The molecule has 12 heteroatoms. The molecule has 0 bridgehead atoms. The fourth-order valence-corrected chi connectivity index (χ4v) is 5.99. The summed E-state index contributed by atoms with van der Waals surface area (Å²) in [6.07, 6.45) is 21.3. The van der Waals surface area contributed by atoms with Gasteiger partial charge in [0, 0.05) is 38.0 Å². The van der Waals surface area contributed by atoms with Gasteiger partial charge in [-0.05, 0) is 129 Å². The van der Waals surface area contributed by atoms with E-state index in [1.54, 1.807) is 18.2 Å². The van der Waals surface area contributed by atoms with Crippen LogP contribution in [0.25, 0.3) is 18.2 Å². The number of benzene rings is 3. The molecule has 0 aromatic heterocycles. The molecular weight excluding hydrogens is 805 g/mol. The van der Waals surface area contributed by atoms with Gasteiger partial charge in [0.2, 0.25) is 0 Å². The Labute approximate surface area is 374 Å². The van der Waals surface area contributed by atoms with Crippen LogP contribution in [-0.4, -0.2) is 98.2 Å². The van der Waals surface area contributed by atoms with E-state index in [9.17, 15) is 14.4 Å². The number of hydrogen-bond acceptors (Lipinski definition) is 12. The van der Waals surface area contributed by atoms with E-state index in [0.29, 0.717) is 52.9 Å². The Morgan fingerprint density at radius 3 is 0.984 bits per heavy atom. The van der Waals surface area contributed by atoms with E-state index in [2.05, 4.69) is 14.2 Å². The average Bonchev–Trinajstić information content (AvgIpc) is 3.32. The van der Waals surface area contributed by atoms with E-state index in [1.165, 1.54) is 39.6 Å². The van der Waals surface area contributed by atoms with E-state index in [1.807, 2.05) is 72.8 Å². The lowest BCUT2D eigenvalue weighted by Crippen LogP contribution is -2.27. The molecule has 63 heavy (non-hydrogen) atoms. The topological polar surface area (TPSA) is 134 Å². The average molecular weight is 873 g/mol. The summed E-state index contributed by atoms with van der Waals surface area (Å²) in [5.74, 6) is 1.26. The number of carbonyl (C=O) groups is 3. The Bertz CT molecular complexity index is 1660. The molecule has 3 rings (SSSR count). The Balaban J connectivity index is 1.27. The van der Waals surface area contributed by atoms with Crippen LogP contribution in [0.3, 0.4) is 0 Å². The third kappa shape index (κ3) is 26.0. The van der Waals surface area contributed by atoms with Gasteiger partial charge in [0.25, 0.3) is 0 Å². The first kappa shape index (κ1) is 51.9. The third-order valence-electron chi connectivity index (χ3n) is 9.65. The molecule has 0 N–H and O–H groups in total. The van der Waals surface area contributed by atoms with Crippen LogP contribution in [0.5, 0.6) is 17.2 Å². The summed E-state index contributed by atoms with van der Waals surface area (Å²) < 4.78 is 49.9. The summed E-state index contributed by atoms with van der Waals surface area (Å²) in [5, 5.41) is 0. The molecule has 0 heterocycles. The molecule has 0 saturated heterocycles. The molecule has 0 unspecified atom stereocenters. The normalized spacial score (nSPS) is 11.9. The van der Waals surface area contributed by atoms with Crippen LogP contribution in [-0.2, 0) is 42.8 Å². The van der Waals surface area contributed by atoms with Gasteiger partial charge in [-0.15, -0.1) is 0 Å². The number of rotatable bonds is 35. The van der Waals surface area contributed by atoms with Crippen LogP contribution >= 0.6 is 0 Å². The Morgan fingerprint density at radius 1 is 0.397 bits per heavy atom. The smallest absolute Gasteiger partial charge is 0.330 e. The first-order chi connectivity index (χ1) is 30.9. The molecule has 0 aliphatic carbocycles. The van der Waals surface area contributed by atoms with Crippen molar-refractivity contribution in [2.24, 2.45) is 0 Å². The number of ether oxygens (including phenoxy) is 9. The monoisotopic (exact) mass is 872 g/mol. The van der Waals surface area contributed by atoms with Crippen molar-refractivity contribution in [2.45, 2.75) is 83.2 Å². The van der Waals surface area contributed by atoms with Gasteiger partial charge in [-0.25, -0.2) is 14.4 Å². The van der Waals surface area contributed by atoms with E-state index in [4.69, 9.17) is 28.4 Å². The molecule has 0 spiro atoms. The van der Waals surface area contributed by atoms with Gasteiger partial charge in [0.05, 0.1) is 54.4 Å². The van der Waals surface area contributed by atoms with Gasteiger partial charge in [0.15, 0.2) is 0 Å². The van der Waals surface area contributed by atoms with E-state index in [-0.39, 0.29) is 24.0 Å². The van der Waals surface area contributed by atoms with Crippen molar-refractivity contribution in [1.82, 2.24) is 0 Å². The highest BCUT2D eigenvalue weighted by Gasteiger charge is 2.11. The second-order valence-corrected chi connectivity index (χ2v) is 14.7. The first-order valence-corrected chi connectivity index (χ1v) is 22.1. The molecule has 0 aliphatic rings. The number of methoxy groups -OCH3 is 3. The minimum Gasteiger partial charge on any atom is -0.494 e. The Morgan fingerprint density at radius 2 is 0.683 bits per heavy atom. The maximum Gasteiger partial charge on any atom is 0.330 e. The molecular formula is C51H68O12. The van der Waals surface area contributed by atoms with Crippen molar-refractivity contribution in [2.75, 3.05) is 74.2 Å². The highest BCUT2D eigenvalue weighted by atomic mass is 16.6. The van der Waals surface area contributed by atoms with Crippen LogP contribution in [0.4, 0.5) is 0 Å². The van der Waals surface area contributed by atoms with Crippen molar-refractivity contribution >= 4 is 36.1 Å². The molecule has 344 valence electrons. The molecule has 0 atom stereocenters. The van der Waals surface area contributed by atoms with E-state index < -0.39 is 0 Å². The second-order valence-electron chi connectivity index (χ2n) is 14.7. The summed E-state index contributed by atoms with van der Waals surface area (Å²) in [6, 6.07) is 22.8. The lowest BCUT2D eigenvalue weighted by molar-refractivity contribution is -0.135. The molecule has 3 aromatic rings. The van der Waals surface area contributed by atoms with E-state index >= 15 is 0 Å². The van der Waals surface area contributed by atoms with Crippen molar-refractivity contribution in [3.63, 3.8) is 0 Å². The number of hydrogen-bond donors (Lipinski definition) is 0. The lowest BCUT2D eigenvalue weighted by Gasteiger charge is -2.18.